The summed E-state index contributed by atoms with van der Waals surface area (Å²) >= 11 is 0. The van der Waals surface area contributed by atoms with Crippen LogP contribution in [0.1, 0.15) is 30.5 Å². The van der Waals surface area contributed by atoms with E-state index in [-0.39, 0.29) is 11.7 Å². The molecule has 0 saturated carbocycles. The second-order valence-electron chi connectivity index (χ2n) is 6.26. The van der Waals surface area contributed by atoms with Crippen LogP contribution in [0.15, 0.2) is 54.6 Å². The van der Waals surface area contributed by atoms with Gasteiger partial charge in [0.15, 0.2) is 0 Å². The summed E-state index contributed by atoms with van der Waals surface area (Å²) in [5, 5.41) is 2.73. The van der Waals surface area contributed by atoms with E-state index in [4.69, 9.17) is 0 Å². The van der Waals surface area contributed by atoms with Gasteiger partial charge in [0, 0.05) is 0 Å². The number of amides is 1. The van der Waals surface area contributed by atoms with Gasteiger partial charge in [-0.1, -0.05) is 43.3 Å². The van der Waals surface area contributed by atoms with E-state index in [0.717, 1.165) is 24.0 Å². The second-order valence-corrected chi connectivity index (χ2v) is 8.16. The molecule has 0 aliphatic rings. The SMILES string of the molecule is CCC(NC(=O)CN(c1cccc(C(F)(F)F)c1)S(C)(=O)=O)c1ccccc1. The molecule has 1 unspecified atom stereocenters. The van der Waals surface area contributed by atoms with Gasteiger partial charge >= 0.3 is 6.18 Å². The normalized spacial score (nSPS) is 13.0. The Morgan fingerprint density at radius 2 is 1.75 bits per heavy atom. The van der Waals surface area contributed by atoms with Gasteiger partial charge in [-0.15, -0.1) is 0 Å². The summed E-state index contributed by atoms with van der Waals surface area (Å²) in [6.45, 7) is 1.24. The largest absolute Gasteiger partial charge is 0.416 e. The molecule has 0 spiro atoms. The van der Waals surface area contributed by atoms with Gasteiger partial charge in [0.05, 0.1) is 23.5 Å². The van der Waals surface area contributed by atoms with Gasteiger partial charge in [0.2, 0.25) is 15.9 Å². The van der Waals surface area contributed by atoms with Crippen LogP contribution in [0.4, 0.5) is 18.9 Å². The van der Waals surface area contributed by atoms with Crippen LogP contribution < -0.4 is 9.62 Å². The first-order chi connectivity index (χ1) is 13.0. The Hall–Kier alpha value is -2.55. The van der Waals surface area contributed by atoms with Crippen molar-refractivity contribution in [3.05, 3.63) is 65.7 Å². The Morgan fingerprint density at radius 1 is 1.11 bits per heavy atom. The zero-order chi connectivity index (χ0) is 20.9. The van der Waals surface area contributed by atoms with E-state index in [2.05, 4.69) is 5.32 Å². The van der Waals surface area contributed by atoms with E-state index in [1.165, 1.54) is 6.07 Å². The van der Waals surface area contributed by atoms with Crippen molar-refractivity contribution >= 4 is 21.6 Å². The number of halogens is 3. The van der Waals surface area contributed by atoms with E-state index < -0.39 is 34.2 Å². The lowest BCUT2D eigenvalue weighted by molar-refractivity contribution is -0.137. The molecule has 1 N–H and O–H groups in total. The molecule has 2 aromatic carbocycles. The van der Waals surface area contributed by atoms with Crippen molar-refractivity contribution in [2.75, 3.05) is 17.1 Å². The van der Waals surface area contributed by atoms with Gasteiger partial charge in [0.25, 0.3) is 0 Å². The minimum Gasteiger partial charge on any atom is -0.348 e. The quantitative estimate of drug-likeness (QED) is 0.751. The molecule has 0 saturated heterocycles. The van der Waals surface area contributed by atoms with Crippen molar-refractivity contribution in [1.29, 1.82) is 0 Å². The molecule has 0 bridgehead atoms. The predicted molar refractivity (Wildman–Crippen MR) is 101 cm³/mol. The van der Waals surface area contributed by atoms with Crippen LogP contribution in [0.5, 0.6) is 0 Å². The fraction of sp³-hybridized carbons (Fsp3) is 0.316. The van der Waals surface area contributed by atoms with Crippen LogP contribution in [0.2, 0.25) is 0 Å². The topological polar surface area (TPSA) is 66.5 Å². The Morgan fingerprint density at radius 3 is 2.29 bits per heavy atom. The van der Waals surface area contributed by atoms with Gasteiger partial charge in [-0.3, -0.25) is 9.10 Å². The van der Waals surface area contributed by atoms with Crippen molar-refractivity contribution in [3.8, 4) is 0 Å². The molecule has 0 fully saturated rings. The molecule has 0 aliphatic carbocycles. The summed E-state index contributed by atoms with van der Waals surface area (Å²) in [7, 11) is -3.98. The Balaban J connectivity index is 2.25. The highest BCUT2D eigenvalue weighted by atomic mass is 32.2. The third kappa shape index (κ3) is 5.72. The highest BCUT2D eigenvalue weighted by Gasteiger charge is 2.32. The molecule has 28 heavy (non-hydrogen) atoms. The number of rotatable bonds is 7. The third-order valence-corrected chi connectivity index (χ3v) is 5.23. The lowest BCUT2D eigenvalue weighted by Gasteiger charge is -2.24. The van der Waals surface area contributed by atoms with Crippen LogP contribution in [0, 0.1) is 0 Å². The Labute approximate surface area is 162 Å². The molecule has 2 aromatic rings. The van der Waals surface area contributed by atoms with E-state index >= 15 is 0 Å². The maximum Gasteiger partial charge on any atom is 0.416 e. The molecule has 9 heteroatoms. The van der Waals surface area contributed by atoms with Crippen molar-refractivity contribution in [2.45, 2.75) is 25.6 Å². The number of carbonyl (C=O) groups is 1. The Bertz CT molecular complexity index is 916. The highest BCUT2D eigenvalue weighted by molar-refractivity contribution is 7.92. The van der Waals surface area contributed by atoms with Gasteiger partial charge in [-0.2, -0.15) is 13.2 Å². The fourth-order valence-electron chi connectivity index (χ4n) is 2.71. The first kappa shape index (κ1) is 21.7. The summed E-state index contributed by atoms with van der Waals surface area (Å²) in [4.78, 5) is 12.5. The summed E-state index contributed by atoms with van der Waals surface area (Å²) < 4.78 is 63.7. The molecule has 1 amide bonds. The first-order valence-corrected chi connectivity index (χ1v) is 10.4. The summed E-state index contributed by atoms with van der Waals surface area (Å²) in [6.07, 6.45) is -3.21. The lowest BCUT2D eigenvalue weighted by Crippen LogP contribution is -2.41. The fourth-order valence-corrected chi connectivity index (χ4v) is 3.56. The number of nitrogens with zero attached hydrogens (tertiary/aromatic N) is 1. The molecule has 0 aliphatic heterocycles. The molecule has 1 atom stereocenters. The van der Waals surface area contributed by atoms with Crippen molar-refractivity contribution in [3.63, 3.8) is 0 Å². The number of hydrogen-bond acceptors (Lipinski definition) is 3. The zero-order valence-corrected chi connectivity index (χ0v) is 16.2. The maximum absolute atomic E-state index is 12.9. The molecule has 0 heterocycles. The standard InChI is InChI=1S/C19H21F3N2O3S/c1-3-17(14-8-5-4-6-9-14)23-18(25)13-24(28(2,26)27)16-11-7-10-15(12-16)19(20,21)22/h4-12,17H,3,13H2,1-2H3,(H,23,25). The lowest BCUT2D eigenvalue weighted by atomic mass is 10.0. The van der Waals surface area contributed by atoms with E-state index in [1.807, 2.05) is 37.3 Å². The molecule has 152 valence electrons. The van der Waals surface area contributed by atoms with Gasteiger partial charge < -0.3 is 5.32 Å². The average Bonchev–Trinajstić information content (AvgIpc) is 2.63. The van der Waals surface area contributed by atoms with E-state index in [0.29, 0.717) is 16.8 Å². The molecule has 0 aromatic heterocycles. The minimum atomic E-state index is -4.62. The van der Waals surface area contributed by atoms with Gasteiger partial charge in [-0.05, 0) is 30.2 Å². The van der Waals surface area contributed by atoms with Crippen LogP contribution in [-0.4, -0.2) is 27.1 Å². The number of hydrogen-bond donors (Lipinski definition) is 1. The first-order valence-electron chi connectivity index (χ1n) is 8.51. The second kappa shape index (κ2) is 8.64. The zero-order valence-electron chi connectivity index (χ0n) is 15.4. The van der Waals surface area contributed by atoms with Gasteiger partial charge in [0.1, 0.15) is 6.54 Å². The minimum absolute atomic E-state index is 0.222. The van der Waals surface area contributed by atoms with E-state index in [1.54, 1.807) is 0 Å². The van der Waals surface area contributed by atoms with Crippen LogP contribution in [0.3, 0.4) is 0 Å². The molecular formula is C19H21F3N2O3S. The van der Waals surface area contributed by atoms with Crippen molar-refractivity contribution in [1.82, 2.24) is 5.32 Å². The molecule has 0 radical (unpaired) electrons. The molecule has 5 nitrogen and oxygen atoms in total. The summed E-state index contributed by atoms with van der Waals surface area (Å²) in [6, 6.07) is 12.7. The summed E-state index contributed by atoms with van der Waals surface area (Å²) in [5.74, 6) is -0.612. The van der Waals surface area contributed by atoms with Gasteiger partial charge in [-0.25, -0.2) is 8.42 Å². The third-order valence-electron chi connectivity index (χ3n) is 4.09. The number of nitrogens with one attached hydrogen (secondary N) is 1. The highest BCUT2D eigenvalue weighted by Crippen LogP contribution is 2.32. The number of carbonyl (C=O) groups excluding carboxylic acids is 1. The number of alkyl halides is 3. The van der Waals surface area contributed by atoms with E-state index in [9.17, 15) is 26.4 Å². The Kier molecular flexibility index (Phi) is 6.71. The van der Waals surface area contributed by atoms with Crippen LogP contribution in [0.25, 0.3) is 0 Å². The number of anilines is 1. The maximum atomic E-state index is 12.9. The average molecular weight is 414 g/mol. The monoisotopic (exact) mass is 414 g/mol. The van der Waals surface area contributed by atoms with Crippen LogP contribution >= 0.6 is 0 Å². The predicted octanol–water partition coefficient (Wildman–Crippen LogP) is 3.74. The van der Waals surface area contributed by atoms with Crippen molar-refractivity contribution in [2.24, 2.45) is 0 Å². The number of sulfonamides is 1. The summed E-state index contributed by atoms with van der Waals surface area (Å²) in [5.41, 5.74) is -0.363. The molecule has 2 rings (SSSR count). The van der Waals surface area contributed by atoms with Crippen LogP contribution in [-0.2, 0) is 21.0 Å². The number of benzene rings is 2. The smallest absolute Gasteiger partial charge is 0.348 e. The van der Waals surface area contributed by atoms with Crippen molar-refractivity contribution < 1.29 is 26.4 Å². The molecular weight excluding hydrogens is 393 g/mol.